The number of anilines is 2. The Bertz CT molecular complexity index is 1550. The summed E-state index contributed by atoms with van der Waals surface area (Å²) in [7, 11) is 3.80. The molecule has 44 heavy (non-hydrogen) atoms. The molecule has 0 spiro atoms. The standard InChI is InChI=1S/C33H40BrN7O3/c1-38-20-25(17-26(21-38)36-29-18-35-39(2)33(44)31(29)34)23-5-3-22(4-6-23)19-40-13-15-41(16-14-40)27-9-7-24(8-10-27)28-11-12-30(42)37-32(28)43/h3-10,18,25-26,28,36H,11-17,19-21H2,1-2H3,(H,37,42,43)/t25-,26+,28?/m0/s1. The number of rotatable bonds is 7. The number of likely N-dealkylation sites (tertiary alicyclic amines) is 1. The number of hydrogen-bond donors (Lipinski definition) is 2. The van der Waals surface area contributed by atoms with Crippen molar-refractivity contribution in [1.82, 2.24) is 24.9 Å². The molecule has 10 nitrogen and oxygen atoms in total. The fourth-order valence-corrected chi connectivity index (χ4v) is 7.22. The zero-order chi connectivity index (χ0) is 30.8. The summed E-state index contributed by atoms with van der Waals surface area (Å²) < 4.78 is 1.85. The van der Waals surface area contributed by atoms with Gasteiger partial charge in [0.15, 0.2) is 0 Å². The van der Waals surface area contributed by atoms with Crippen LogP contribution in [0.25, 0.3) is 0 Å². The fourth-order valence-electron chi connectivity index (χ4n) is 6.74. The van der Waals surface area contributed by atoms with Crippen molar-refractivity contribution in [3.05, 3.63) is 86.2 Å². The Morgan fingerprint density at radius 1 is 0.932 bits per heavy atom. The lowest BCUT2D eigenvalue weighted by Crippen LogP contribution is -2.46. The van der Waals surface area contributed by atoms with Crippen LogP contribution in [-0.4, -0.2) is 83.8 Å². The Balaban J connectivity index is 1.00. The Hall–Kier alpha value is -3.54. The third kappa shape index (κ3) is 6.90. The van der Waals surface area contributed by atoms with E-state index in [1.165, 1.54) is 21.5 Å². The number of aryl methyl sites for hydroxylation is 1. The van der Waals surface area contributed by atoms with Crippen LogP contribution in [0.15, 0.2) is 64.0 Å². The molecule has 0 radical (unpaired) electrons. The largest absolute Gasteiger partial charge is 0.379 e. The van der Waals surface area contributed by atoms with E-state index >= 15 is 0 Å². The summed E-state index contributed by atoms with van der Waals surface area (Å²) in [5, 5.41) is 10.2. The number of piperidine rings is 2. The summed E-state index contributed by atoms with van der Waals surface area (Å²) in [6.07, 6.45) is 3.67. The molecule has 3 fully saturated rings. The molecule has 3 atom stereocenters. The second-order valence-corrected chi connectivity index (χ2v) is 13.2. The predicted octanol–water partition coefficient (Wildman–Crippen LogP) is 3.29. The van der Waals surface area contributed by atoms with Gasteiger partial charge in [0.05, 0.1) is 17.8 Å². The number of imide groups is 1. The van der Waals surface area contributed by atoms with E-state index < -0.39 is 0 Å². The maximum Gasteiger partial charge on any atom is 0.282 e. The molecule has 0 bridgehead atoms. The monoisotopic (exact) mass is 661 g/mol. The van der Waals surface area contributed by atoms with Gasteiger partial charge in [0.25, 0.3) is 5.56 Å². The van der Waals surface area contributed by atoms with Crippen molar-refractivity contribution in [3.63, 3.8) is 0 Å². The summed E-state index contributed by atoms with van der Waals surface area (Å²) in [5.74, 6) is -0.204. The average molecular weight is 663 g/mol. The number of nitrogens with zero attached hydrogens (tertiary/aromatic N) is 5. The minimum Gasteiger partial charge on any atom is -0.379 e. The first kappa shape index (κ1) is 30.5. The van der Waals surface area contributed by atoms with E-state index in [1.54, 1.807) is 13.2 Å². The van der Waals surface area contributed by atoms with Gasteiger partial charge in [-0.25, -0.2) is 4.68 Å². The lowest BCUT2D eigenvalue weighted by Gasteiger charge is -2.37. The number of nitrogens with one attached hydrogen (secondary N) is 2. The quantitative estimate of drug-likeness (QED) is 0.372. The Labute approximate surface area is 266 Å². The van der Waals surface area contributed by atoms with Crippen LogP contribution in [0.4, 0.5) is 11.4 Å². The summed E-state index contributed by atoms with van der Waals surface area (Å²) in [6, 6.07) is 17.6. The molecule has 1 unspecified atom stereocenters. The summed E-state index contributed by atoms with van der Waals surface area (Å²) in [6.45, 7) is 6.74. The van der Waals surface area contributed by atoms with Crippen LogP contribution in [0.1, 0.15) is 47.8 Å². The minimum atomic E-state index is -0.242. The van der Waals surface area contributed by atoms with Crippen LogP contribution in [0.2, 0.25) is 0 Å². The molecule has 4 heterocycles. The minimum absolute atomic E-state index is 0.145. The lowest BCUT2D eigenvalue weighted by molar-refractivity contribution is -0.134. The van der Waals surface area contributed by atoms with Crippen molar-refractivity contribution in [1.29, 1.82) is 0 Å². The number of carbonyl (C=O) groups excluding carboxylic acids is 2. The topological polar surface area (TPSA) is 103 Å². The third-order valence-corrected chi connectivity index (χ3v) is 9.97. The zero-order valence-corrected chi connectivity index (χ0v) is 26.9. The van der Waals surface area contributed by atoms with E-state index in [1.807, 2.05) is 12.1 Å². The van der Waals surface area contributed by atoms with Crippen molar-refractivity contribution in [2.24, 2.45) is 7.05 Å². The van der Waals surface area contributed by atoms with Gasteiger partial charge in [0, 0.05) is 71.0 Å². The van der Waals surface area contributed by atoms with Gasteiger partial charge in [-0.15, -0.1) is 0 Å². The van der Waals surface area contributed by atoms with Crippen molar-refractivity contribution in [2.75, 3.05) is 56.5 Å². The molecule has 6 rings (SSSR count). The SMILES string of the molecule is CN1C[C@H](Nc2cnn(C)c(=O)c2Br)C[C@H](c2ccc(CN3CCN(c4ccc(C5CCC(=O)NC5=O)cc4)CC3)cc2)C1. The molecule has 1 aromatic heterocycles. The Morgan fingerprint density at radius 3 is 2.34 bits per heavy atom. The predicted molar refractivity (Wildman–Crippen MR) is 175 cm³/mol. The number of halogens is 1. The van der Waals surface area contributed by atoms with Crippen molar-refractivity contribution in [2.45, 2.75) is 43.7 Å². The highest BCUT2D eigenvalue weighted by Crippen LogP contribution is 2.30. The van der Waals surface area contributed by atoms with Crippen LogP contribution in [0.3, 0.4) is 0 Å². The van der Waals surface area contributed by atoms with Crippen LogP contribution in [0, 0.1) is 0 Å². The Kier molecular flexibility index (Phi) is 9.16. The van der Waals surface area contributed by atoms with E-state index in [-0.39, 0.29) is 29.3 Å². The number of amides is 2. The fraction of sp³-hybridized carbons (Fsp3) is 0.455. The van der Waals surface area contributed by atoms with Gasteiger partial charge < -0.3 is 15.1 Å². The molecule has 3 aromatic rings. The van der Waals surface area contributed by atoms with E-state index in [0.717, 1.165) is 63.5 Å². The molecule has 2 N–H and O–H groups in total. The molecule has 0 saturated carbocycles. The highest BCUT2D eigenvalue weighted by molar-refractivity contribution is 9.10. The van der Waals surface area contributed by atoms with Crippen molar-refractivity contribution >= 4 is 39.1 Å². The van der Waals surface area contributed by atoms with Gasteiger partial charge in [-0.05, 0) is 70.6 Å². The molecule has 2 aromatic carbocycles. The van der Waals surface area contributed by atoms with Gasteiger partial charge >= 0.3 is 0 Å². The second kappa shape index (κ2) is 13.2. The number of carbonyl (C=O) groups is 2. The van der Waals surface area contributed by atoms with Crippen molar-refractivity contribution in [3.8, 4) is 0 Å². The average Bonchev–Trinajstić information content (AvgIpc) is 3.02. The van der Waals surface area contributed by atoms with Gasteiger partial charge in [0.2, 0.25) is 11.8 Å². The third-order valence-electron chi connectivity index (χ3n) is 9.20. The normalized spacial score (nSPS) is 23.4. The molecule has 2 amide bonds. The molecule has 11 heteroatoms. The molecule has 3 saturated heterocycles. The highest BCUT2D eigenvalue weighted by Gasteiger charge is 2.29. The maximum atomic E-state index is 12.3. The first-order chi connectivity index (χ1) is 21.2. The van der Waals surface area contributed by atoms with Crippen LogP contribution >= 0.6 is 15.9 Å². The molecule has 0 aliphatic carbocycles. The van der Waals surface area contributed by atoms with Crippen LogP contribution in [0.5, 0.6) is 0 Å². The maximum absolute atomic E-state index is 12.3. The summed E-state index contributed by atoms with van der Waals surface area (Å²) >= 11 is 3.44. The zero-order valence-electron chi connectivity index (χ0n) is 25.3. The first-order valence-corrected chi connectivity index (χ1v) is 16.2. The molecule has 3 aliphatic heterocycles. The van der Waals surface area contributed by atoms with E-state index in [4.69, 9.17) is 0 Å². The number of hydrogen-bond acceptors (Lipinski definition) is 8. The van der Waals surface area contributed by atoms with E-state index in [2.05, 4.69) is 89.8 Å². The van der Waals surface area contributed by atoms with Crippen molar-refractivity contribution < 1.29 is 9.59 Å². The molecule has 3 aliphatic rings. The number of aromatic nitrogens is 2. The van der Waals surface area contributed by atoms with Gasteiger partial charge in [-0.1, -0.05) is 36.4 Å². The smallest absolute Gasteiger partial charge is 0.282 e. The highest BCUT2D eigenvalue weighted by atomic mass is 79.9. The van der Waals surface area contributed by atoms with E-state index in [0.29, 0.717) is 23.2 Å². The molecular weight excluding hydrogens is 622 g/mol. The van der Waals surface area contributed by atoms with Gasteiger partial charge in [0.1, 0.15) is 4.47 Å². The number of piperazine rings is 1. The van der Waals surface area contributed by atoms with Gasteiger partial charge in [-0.3, -0.25) is 24.6 Å². The van der Waals surface area contributed by atoms with Crippen LogP contribution in [-0.2, 0) is 23.2 Å². The number of likely N-dealkylation sites (N-methyl/N-ethyl adjacent to an activating group) is 1. The van der Waals surface area contributed by atoms with Gasteiger partial charge in [-0.2, -0.15) is 5.10 Å². The molecule has 232 valence electrons. The molecular formula is C33H40BrN7O3. The summed E-state index contributed by atoms with van der Waals surface area (Å²) in [5.41, 5.74) is 5.42. The second-order valence-electron chi connectivity index (χ2n) is 12.4. The van der Waals surface area contributed by atoms with E-state index in [9.17, 15) is 14.4 Å². The lowest BCUT2D eigenvalue weighted by atomic mass is 9.87. The number of benzene rings is 2. The van der Waals surface area contributed by atoms with Crippen LogP contribution < -0.4 is 21.1 Å². The Morgan fingerprint density at radius 2 is 1.64 bits per heavy atom. The first-order valence-electron chi connectivity index (χ1n) is 15.4. The summed E-state index contributed by atoms with van der Waals surface area (Å²) in [4.78, 5) is 43.3.